The van der Waals surface area contributed by atoms with Crippen LogP contribution in [0.2, 0.25) is 0 Å². The van der Waals surface area contributed by atoms with Gasteiger partial charge < -0.3 is 9.47 Å². The lowest BCUT2D eigenvalue weighted by Gasteiger charge is -2.06. The van der Waals surface area contributed by atoms with Gasteiger partial charge in [-0.3, -0.25) is 0 Å². The molecule has 0 aliphatic heterocycles. The number of ether oxygens (including phenoxy) is 2. The highest BCUT2D eigenvalue weighted by Crippen LogP contribution is 2.34. The molecule has 0 radical (unpaired) electrons. The second-order valence-electron chi connectivity index (χ2n) is 5.45. The third kappa shape index (κ3) is 3.81. The normalized spacial score (nSPS) is 10.8. The Morgan fingerprint density at radius 1 is 1.29 bits per heavy atom. The van der Waals surface area contributed by atoms with Crippen LogP contribution in [0.4, 0.5) is 0 Å². The summed E-state index contributed by atoms with van der Waals surface area (Å²) >= 11 is 6.19. The average molecular weight is 478 g/mol. The van der Waals surface area contributed by atoms with Crippen molar-refractivity contribution in [2.45, 2.75) is 6.61 Å². The molecular weight excluding hydrogens is 466 g/mol. The van der Waals surface area contributed by atoms with Crippen LogP contribution >= 0.6 is 38.6 Å². The van der Waals surface area contributed by atoms with Crippen molar-refractivity contribution in [3.05, 3.63) is 56.4 Å². The summed E-state index contributed by atoms with van der Waals surface area (Å²) in [5, 5.41) is 15.4. The lowest BCUT2D eigenvalue weighted by molar-refractivity contribution is 0.0474. The fourth-order valence-corrected chi connectivity index (χ4v) is 4.41. The van der Waals surface area contributed by atoms with Gasteiger partial charge in [-0.15, -0.1) is 27.8 Å². The molecule has 0 aliphatic rings. The maximum Gasteiger partial charge on any atom is 0.350 e. The van der Waals surface area contributed by atoms with E-state index in [0.717, 1.165) is 20.8 Å². The fraction of sp³-hybridized carbons (Fsp3) is 0.118. The number of carbonyl (C=O) groups excluding carboxylic acids is 1. The van der Waals surface area contributed by atoms with Gasteiger partial charge in [0.2, 0.25) is 0 Å². The molecular formula is C17H12BrN5O3S2. The number of halogens is 1. The number of benzene rings is 1. The molecule has 0 bridgehead atoms. The summed E-state index contributed by atoms with van der Waals surface area (Å²) in [6, 6.07) is 7.48. The van der Waals surface area contributed by atoms with Crippen LogP contribution in [0.5, 0.6) is 5.75 Å². The molecule has 0 amide bonds. The lowest BCUT2D eigenvalue weighted by atomic mass is 10.2. The SMILES string of the molecule is COc1ccc(Br)cc1-c1nc(COC(=O)c2sccc2-n2cnnn2)cs1. The van der Waals surface area contributed by atoms with Gasteiger partial charge in [0.1, 0.15) is 28.6 Å². The summed E-state index contributed by atoms with van der Waals surface area (Å²) in [6.45, 7) is 0.0681. The Kier molecular flexibility index (Phi) is 5.46. The molecule has 1 aromatic carbocycles. The van der Waals surface area contributed by atoms with Crippen LogP contribution in [-0.4, -0.2) is 38.3 Å². The largest absolute Gasteiger partial charge is 0.496 e. The van der Waals surface area contributed by atoms with E-state index in [0.29, 0.717) is 16.3 Å². The number of methoxy groups -OCH3 is 1. The zero-order valence-corrected chi connectivity index (χ0v) is 17.6. The van der Waals surface area contributed by atoms with E-state index in [9.17, 15) is 4.79 Å². The standard InChI is InChI=1S/C17H12BrN5O3S2/c1-25-14-3-2-10(18)6-12(14)16-20-11(8-28-16)7-26-17(24)15-13(4-5-27-15)23-9-19-21-22-23/h2-6,8-9H,7H2,1H3. The maximum absolute atomic E-state index is 12.5. The first-order valence-electron chi connectivity index (χ1n) is 7.92. The van der Waals surface area contributed by atoms with Gasteiger partial charge in [-0.1, -0.05) is 15.9 Å². The first-order chi connectivity index (χ1) is 13.7. The Bertz CT molecular complexity index is 1110. The van der Waals surface area contributed by atoms with Crippen molar-refractivity contribution in [1.82, 2.24) is 25.2 Å². The highest BCUT2D eigenvalue weighted by Gasteiger charge is 2.18. The molecule has 28 heavy (non-hydrogen) atoms. The molecule has 142 valence electrons. The molecule has 0 saturated carbocycles. The molecule has 0 fully saturated rings. The van der Waals surface area contributed by atoms with E-state index in [-0.39, 0.29) is 6.61 Å². The van der Waals surface area contributed by atoms with Crippen molar-refractivity contribution in [3.8, 4) is 22.0 Å². The zero-order valence-electron chi connectivity index (χ0n) is 14.4. The summed E-state index contributed by atoms with van der Waals surface area (Å²) < 4.78 is 13.2. The van der Waals surface area contributed by atoms with Gasteiger partial charge in [0.15, 0.2) is 0 Å². The average Bonchev–Trinajstić information content (AvgIpc) is 3.47. The topological polar surface area (TPSA) is 92.0 Å². The molecule has 4 aromatic rings. The Labute approximate surface area is 175 Å². The van der Waals surface area contributed by atoms with Gasteiger partial charge >= 0.3 is 5.97 Å². The molecule has 3 aromatic heterocycles. The number of nitrogens with zero attached hydrogens (tertiary/aromatic N) is 5. The summed E-state index contributed by atoms with van der Waals surface area (Å²) in [6.07, 6.45) is 1.43. The second-order valence-corrected chi connectivity index (χ2v) is 8.14. The van der Waals surface area contributed by atoms with Crippen molar-refractivity contribution < 1.29 is 14.3 Å². The van der Waals surface area contributed by atoms with Gasteiger partial charge in [0.05, 0.1) is 24.1 Å². The van der Waals surface area contributed by atoms with Crippen LogP contribution in [0.1, 0.15) is 15.4 Å². The lowest BCUT2D eigenvalue weighted by Crippen LogP contribution is -2.07. The number of thiazole rings is 1. The van der Waals surface area contributed by atoms with Crippen LogP contribution < -0.4 is 4.74 Å². The Morgan fingerprint density at radius 2 is 2.18 bits per heavy atom. The van der Waals surface area contributed by atoms with E-state index < -0.39 is 5.97 Å². The van der Waals surface area contributed by atoms with Crippen LogP contribution in [0.3, 0.4) is 0 Å². The van der Waals surface area contributed by atoms with Gasteiger partial charge in [0, 0.05) is 9.85 Å². The molecule has 0 unspecified atom stereocenters. The molecule has 0 atom stereocenters. The number of hydrogen-bond donors (Lipinski definition) is 0. The highest BCUT2D eigenvalue weighted by atomic mass is 79.9. The number of aromatic nitrogens is 5. The molecule has 0 aliphatic carbocycles. The fourth-order valence-electron chi connectivity index (χ4n) is 2.46. The number of thiophene rings is 1. The summed E-state index contributed by atoms with van der Waals surface area (Å²) in [5.41, 5.74) is 2.12. The molecule has 4 rings (SSSR count). The van der Waals surface area contributed by atoms with Crippen molar-refractivity contribution in [3.63, 3.8) is 0 Å². The second kappa shape index (κ2) is 8.17. The number of rotatable bonds is 6. The van der Waals surface area contributed by atoms with E-state index in [4.69, 9.17) is 9.47 Å². The van der Waals surface area contributed by atoms with E-state index >= 15 is 0 Å². The molecule has 0 N–H and O–H groups in total. The first-order valence-corrected chi connectivity index (χ1v) is 10.5. The van der Waals surface area contributed by atoms with E-state index in [1.807, 2.05) is 23.6 Å². The monoisotopic (exact) mass is 477 g/mol. The number of tetrazole rings is 1. The van der Waals surface area contributed by atoms with Crippen molar-refractivity contribution in [1.29, 1.82) is 0 Å². The van der Waals surface area contributed by atoms with Gasteiger partial charge in [0.25, 0.3) is 0 Å². The zero-order chi connectivity index (χ0) is 19.5. The Morgan fingerprint density at radius 3 is 2.96 bits per heavy atom. The summed E-state index contributed by atoms with van der Waals surface area (Å²) in [5.74, 6) is 0.279. The predicted molar refractivity (Wildman–Crippen MR) is 108 cm³/mol. The van der Waals surface area contributed by atoms with E-state index in [1.165, 1.54) is 33.7 Å². The van der Waals surface area contributed by atoms with Crippen molar-refractivity contribution in [2.24, 2.45) is 0 Å². The predicted octanol–water partition coefficient (Wildman–Crippen LogP) is 3.98. The van der Waals surface area contributed by atoms with Gasteiger partial charge in [-0.05, 0) is 40.1 Å². The third-order valence-corrected chi connectivity index (χ3v) is 6.02. The number of hydrogen-bond acceptors (Lipinski definition) is 9. The quantitative estimate of drug-likeness (QED) is 0.387. The van der Waals surface area contributed by atoms with Crippen LogP contribution in [0.25, 0.3) is 16.3 Å². The minimum absolute atomic E-state index is 0.0681. The maximum atomic E-state index is 12.5. The summed E-state index contributed by atoms with van der Waals surface area (Å²) in [7, 11) is 1.62. The minimum Gasteiger partial charge on any atom is -0.496 e. The third-order valence-electron chi connectivity index (χ3n) is 3.72. The van der Waals surface area contributed by atoms with Crippen molar-refractivity contribution in [2.75, 3.05) is 7.11 Å². The molecule has 0 saturated heterocycles. The van der Waals surface area contributed by atoms with Crippen molar-refractivity contribution >= 4 is 44.6 Å². The number of carbonyl (C=O) groups is 1. The first kappa shape index (κ1) is 18.7. The molecule has 0 spiro atoms. The summed E-state index contributed by atoms with van der Waals surface area (Å²) in [4.78, 5) is 17.5. The Balaban J connectivity index is 1.48. The molecule has 8 nitrogen and oxygen atoms in total. The van der Waals surface area contributed by atoms with Gasteiger partial charge in [-0.2, -0.15) is 4.68 Å². The Hall–Kier alpha value is -2.63. The molecule has 3 heterocycles. The minimum atomic E-state index is -0.449. The molecule has 11 heteroatoms. The smallest absolute Gasteiger partial charge is 0.350 e. The number of esters is 1. The van der Waals surface area contributed by atoms with Crippen LogP contribution in [0.15, 0.2) is 45.8 Å². The van der Waals surface area contributed by atoms with E-state index in [2.05, 4.69) is 36.4 Å². The van der Waals surface area contributed by atoms with Gasteiger partial charge in [-0.25, -0.2) is 9.78 Å². The highest BCUT2D eigenvalue weighted by molar-refractivity contribution is 9.10. The van der Waals surface area contributed by atoms with E-state index in [1.54, 1.807) is 18.6 Å². The van der Waals surface area contributed by atoms with Crippen LogP contribution in [-0.2, 0) is 11.3 Å². The van der Waals surface area contributed by atoms with Crippen LogP contribution in [0, 0.1) is 0 Å².